The molecule has 0 radical (unpaired) electrons. The fraction of sp³-hybridized carbons (Fsp3) is 0.286. The van der Waals surface area contributed by atoms with Crippen LogP contribution in [0.5, 0.6) is 17.4 Å². The fourth-order valence-corrected chi connectivity index (χ4v) is 2.07. The standard InChI is InChI=1S/C14H17N3O2S/c1-4-15-13-12(18-2)14(17-9-16-13)19-10-5-7-11(20-3)8-6-10/h5-9H,4H2,1-3H3,(H,15,16,17). The first-order chi connectivity index (χ1) is 9.78. The Morgan fingerprint density at radius 3 is 2.55 bits per heavy atom. The molecule has 0 unspecified atom stereocenters. The van der Waals surface area contributed by atoms with Gasteiger partial charge in [-0.25, -0.2) is 4.98 Å². The molecule has 5 nitrogen and oxygen atoms in total. The van der Waals surface area contributed by atoms with Crippen LogP contribution >= 0.6 is 11.8 Å². The molecular weight excluding hydrogens is 274 g/mol. The molecule has 1 aromatic carbocycles. The minimum Gasteiger partial charge on any atom is -0.489 e. The van der Waals surface area contributed by atoms with Crippen molar-refractivity contribution in [2.75, 3.05) is 25.2 Å². The van der Waals surface area contributed by atoms with Crippen molar-refractivity contribution in [3.05, 3.63) is 30.6 Å². The maximum absolute atomic E-state index is 5.76. The smallest absolute Gasteiger partial charge is 0.268 e. The molecule has 1 N–H and O–H groups in total. The third-order valence-electron chi connectivity index (χ3n) is 2.59. The molecule has 20 heavy (non-hydrogen) atoms. The van der Waals surface area contributed by atoms with Crippen molar-refractivity contribution < 1.29 is 9.47 Å². The lowest BCUT2D eigenvalue weighted by Gasteiger charge is -2.12. The Morgan fingerprint density at radius 2 is 1.95 bits per heavy atom. The molecular formula is C14H17N3O2S. The number of rotatable bonds is 6. The lowest BCUT2D eigenvalue weighted by Crippen LogP contribution is -2.04. The summed E-state index contributed by atoms with van der Waals surface area (Å²) in [4.78, 5) is 9.45. The summed E-state index contributed by atoms with van der Waals surface area (Å²) in [6, 6.07) is 7.80. The SMILES string of the molecule is CCNc1ncnc(Oc2ccc(SC)cc2)c1OC. The molecule has 1 heterocycles. The first kappa shape index (κ1) is 14.5. The van der Waals surface area contributed by atoms with Crippen molar-refractivity contribution in [1.82, 2.24) is 9.97 Å². The van der Waals surface area contributed by atoms with Crippen molar-refractivity contribution in [3.63, 3.8) is 0 Å². The van der Waals surface area contributed by atoms with Gasteiger partial charge in [0.2, 0.25) is 5.75 Å². The van der Waals surface area contributed by atoms with E-state index in [1.807, 2.05) is 37.4 Å². The number of anilines is 1. The monoisotopic (exact) mass is 291 g/mol. The lowest BCUT2D eigenvalue weighted by atomic mass is 10.3. The highest BCUT2D eigenvalue weighted by atomic mass is 32.2. The van der Waals surface area contributed by atoms with Gasteiger partial charge in [0, 0.05) is 11.4 Å². The number of benzene rings is 1. The zero-order valence-corrected chi connectivity index (χ0v) is 12.5. The van der Waals surface area contributed by atoms with E-state index in [1.54, 1.807) is 18.9 Å². The third-order valence-corrected chi connectivity index (χ3v) is 3.34. The van der Waals surface area contributed by atoms with Crippen molar-refractivity contribution in [1.29, 1.82) is 0 Å². The highest BCUT2D eigenvalue weighted by Crippen LogP contribution is 2.34. The average Bonchev–Trinajstić information content (AvgIpc) is 2.49. The van der Waals surface area contributed by atoms with E-state index in [9.17, 15) is 0 Å². The van der Waals surface area contributed by atoms with Crippen LogP contribution in [0.25, 0.3) is 0 Å². The molecule has 0 spiro atoms. The second kappa shape index (κ2) is 7.00. The second-order valence-electron chi connectivity index (χ2n) is 3.87. The van der Waals surface area contributed by atoms with Crippen molar-refractivity contribution in [3.8, 4) is 17.4 Å². The first-order valence-electron chi connectivity index (χ1n) is 6.23. The Hall–Kier alpha value is -1.95. The summed E-state index contributed by atoms with van der Waals surface area (Å²) in [6.45, 7) is 2.73. The molecule has 0 aliphatic carbocycles. The maximum atomic E-state index is 5.76. The number of thioether (sulfide) groups is 1. The van der Waals surface area contributed by atoms with Crippen LogP contribution < -0.4 is 14.8 Å². The van der Waals surface area contributed by atoms with Crippen molar-refractivity contribution in [2.24, 2.45) is 0 Å². The van der Waals surface area contributed by atoms with Gasteiger partial charge in [0.1, 0.15) is 12.1 Å². The average molecular weight is 291 g/mol. The zero-order valence-electron chi connectivity index (χ0n) is 11.7. The number of hydrogen-bond acceptors (Lipinski definition) is 6. The van der Waals surface area contributed by atoms with Crippen LogP contribution in [-0.4, -0.2) is 29.9 Å². The number of nitrogens with zero attached hydrogens (tertiary/aromatic N) is 2. The van der Waals surface area contributed by atoms with Gasteiger partial charge < -0.3 is 14.8 Å². The zero-order chi connectivity index (χ0) is 14.4. The topological polar surface area (TPSA) is 56.3 Å². The van der Waals surface area contributed by atoms with Gasteiger partial charge in [0.25, 0.3) is 5.88 Å². The van der Waals surface area contributed by atoms with Gasteiger partial charge in [-0.2, -0.15) is 4.98 Å². The minimum atomic E-state index is 0.398. The Bertz CT molecular complexity index is 561. The number of ether oxygens (including phenoxy) is 2. The number of hydrogen-bond donors (Lipinski definition) is 1. The quantitative estimate of drug-likeness (QED) is 0.823. The first-order valence-corrected chi connectivity index (χ1v) is 7.45. The Kier molecular flexibility index (Phi) is 5.06. The van der Waals surface area contributed by atoms with Crippen LogP contribution in [0.2, 0.25) is 0 Å². The Morgan fingerprint density at radius 1 is 1.20 bits per heavy atom. The van der Waals surface area contributed by atoms with Gasteiger partial charge in [0.05, 0.1) is 7.11 Å². The lowest BCUT2D eigenvalue weighted by molar-refractivity contribution is 0.369. The van der Waals surface area contributed by atoms with Crippen LogP contribution in [0.1, 0.15) is 6.92 Å². The van der Waals surface area contributed by atoms with E-state index in [0.717, 1.165) is 6.54 Å². The summed E-state index contributed by atoms with van der Waals surface area (Å²) < 4.78 is 11.1. The van der Waals surface area contributed by atoms with Gasteiger partial charge in [-0.3, -0.25) is 0 Å². The molecule has 2 aromatic rings. The number of aromatic nitrogens is 2. The van der Waals surface area contributed by atoms with Gasteiger partial charge >= 0.3 is 0 Å². The van der Waals surface area contributed by atoms with Crippen LogP contribution in [-0.2, 0) is 0 Å². The van der Waals surface area contributed by atoms with Crippen molar-refractivity contribution >= 4 is 17.6 Å². The molecule has 2 rings (SSSR count). The molecule has 0 aliphatic rings. The van der Waals surface area contributed by atoms with Crippen LogP contribution in [0.4, 0.5) is 5.82 Å². The van der Waals surface area contributed by atoms with Crippen molar-refractivity contribution in [2.45, 2.75) is 11.8 Å². The van der Waals surface area contributed by atoms with E-state index in [2.05, 4.69) is 15.3 Å². The molecule has 0 saturated carbocycles. The molecule has 0 saturated heterocycles. The summed E-state index contributed by atoms with van der Waals surface area (Å²) in [7, 11) is 1.57. The largest absolute Gasteiger partial charge is 0.489 e. The maximum Gasteiger partial charge on any atom is 0.268 e. The summed E-state index contributed by atoms with van der Waals surface area (Å²) >= 11 is 1.68. The highest BCUT2D eigenvalue weighted by molar-refractivity contribution is 7.98. The fourth-order valence-electron chi connectivity index (χ4n) is 1.66. The molecule has 0 amide bonds. The molecule has 0 atom stereocenters. The van der Waals surface area contributed by atoms with Crippen LogP contribution in [0.3, 0.4) is 0 Å². The second-order valence-corrected chi connectivity index (χ2v) is 4.75. The van der Waals surface area contributed by atoms with Gasteiger partial charge in [-0.1, -0.05) is 0 Å². The van der Waals surface area contributed by atoms with E-state index in [4.69, 9.17) is 9.47 Å². The van der Waals surface area contributed by atoms with Crippen LogP contribution in [0.15, 0.2) is 35.5 Å². The Labute approximate surface area is 122 Å². The van der Waals surface area contributed by atoms with E-state index >= 15 is 0 Å². The van der Waals surface area contributed by atoms with E-state index in [0.29, 0.717) is 23.2 Å². The summed E-state index contributed by atoms with van der Waals surface area (Å²) in [5.74, 6) is 2.24. The molecule has 0 fully saturated rings. The molecule has 0 aliphatic heterocycles. The van der Waals surface area contributed by atoms with E-state index in [1.165, 1.54) is 11.2 Å². The van der Waals surface area contributed by atoms with Gasteiger partial charge in [0.15, 0.2) is 5.82 Å². The highest BCUT2D eigenvalue weighted by Gasteiger charge is 2.13. The normalized spacial score (nSPS) is 10.2. The summed E-state index contributed by atoms with van der Waals surface area (Å²) in [5, 5.41) is 3.11. The van der Waals surface area contributed by atoms with Gasteiger partial charge in [-0.05, 0) is 37.4 Å². The number of nitrogens with one attached hydrogen (secondary N) is 1. The molecule has 6 heteroatoms. The Balaban J connectivity index is 2.25. The summed E-state index contributed by atoms with van der Waals surface area (Å²) in [6.07, 6.45) is 3.48. The third kappa shape index (κ3) is 3.33. The number of methoxy groups -OCH3 is 1. The predicted molar refractivity (Wildman–Crippen MR) is 81.0 cm³/mol. The van der Waals surface area contributed by atoms with Gasteiger partial charge in [-0.15, -0.1) is 11.8 Å². The van der Waals surface area contributed by atoms with Crippen LogP contribution in [0, 0.1) is 0 Å². The predicted octanol–water partition coefficient (Wildman–Crippen LogP) is 3.43. The molecule has 0 bridgehead atoms. The van der Waals surface area contributed by atoms with E-state index < -0.39 is 0 Å². The van der Waals surface area contributed by atoms with E-state index in [-0.39, 0.29) is 0 Å². The summed E-state index contributed by atoms with van der Waals surface area (Å²) in [5.41, 5.74) is 0. The molecule has 1 aromatic heterocycles. The molecule has 106 valence electrons. The minimum absolute atomic E-state index is 0.398.